The second kappa shape index (κ2) is 7.78. The second-order valence-electron chi connectivity index (χ2n) is 4.43. The summed E-state index contributed by atoms with van der Waals surface area (Å²) in [6, 6.07) is 13.0. The number of ether oxygens (including phenoxy) is 1. The highest BCUT2D eigenvalue weighted by Crippen LogP contribution is 2.14. The zero-order valence-electron chi connectivity index (χ0n) is 12.0. The van der Waals surface area contributed by atoms with E-state index in [1.165, 1.54) is 18.3 Å². The number of hydrogen-bond donors (Lipinski definition) is 2. The van der Waals surface area contributed by atoms with Crippen LogP contribution in [-0.4, -0.2) is 25.8 Å². The lowest BCUT2D eigenvalue weighted by Crippen LogP contribution is -2.25. The molecule has 0 aliphatic heterocycles. The largest absolute Gasteiger partial charge is 0.497 e. The van der Waals surface area contributed by atoms with E-state index in [1.807, 2.05) is 12.1 Å². The number of methoxy groups -OCH3 is 1. The van der Waals surface area contributed by atoms with Crippen LogP contribution in [-0.2, 0) is 4.79 Å². The maximum absolute atomic E-state index is 12.7. The SMILES string of the molecule is COc1ccc(NCC(=O)N/N=C\c2ccc(F)cc2)cc1. The molecule has 0 radical (unpaired) electrons. The Morgan fingerprint density at radius 2 is 1.86 bits per heavy atom. The summed E-state index contributed by atoms with van der Waals surface area (Å²) in [5.41, 5.74) is 3.89. The molecule has 0 saturated carbocycles. The molecule has 1 amide bonds. The molecule has 0 aromatic heterocycles. The Bertz CT molecular complexity index is 639. The Balaban J connectivity index is 1.76. The molecule has 0 saturated heterocycles. The highest BCUT2D eigenvalue weighted by molar-refractivity contribution is 5.84. The van der Waals surface area contributed by atoms with E-state index < -0.39 is 0 Å². The zero-order chi connectivity index (χ0) is 15.8. The standard InChI is InChI=1S/C16H16FN3O2/c1-22-15-8-6-14(7-9-15)18-11-16(21)20-19-10-12-2-4-13(17)5-3-12/h2-10,18H,11H2,1H3,(H,20,21)/b19-10-. The van der Waals surface area contributed by atoms with Gasteiger partial charge in [0.1, 0.15) is 11.6 Å². The molecule has 114 valence electrons. The van der Waals surface area contributed by atoms with Gasteiger partial charge in [0, 0.05) is 5.69 Å². The highest BCUT2D eigenvalue weighted by Gasteiger charge is 1.99. The molecule has 2 rings (SSSR count). The van der Waals surface area contributed by atoms with Crippen molar-refractivity contribution in [3.63, 3.8) is 0 Å². The van der Waals surface area contributed by atoms with Crippen molar-refractivity contribution in [2.24, 2.45) is 5.10 Å². The van der Waals surface area contributed by atoms with Gasteiger partial charge in [0.15, 0.2) is 0 Å². The first-order valence-corrected chi connectivity index (χ1v) is 6.63. The average molecular weight is 301 g/mol. The van der Waals surface area contributed by atoms with Crippen molar-refractivity contribution in [3.8, 4) is 5.75 Å². The molecule has 5 nitrogen and oxygen atoms in total. The molecule has 22 heavy (non-hydrogen) atoms. The van der Waals surface area contributed by atoms with Crippen molar-refractivity contribution in [2.45, 2.75) is 0 Å². The molecule has 0 fully saturated rings. The summed E-state index contributed by atoms with van der Waals surface area (Å²) in [5.74, 6) is 0.151. The fourth-order valence-electron chi connectivity index (χ4n) is 1.66. The summed E-state index contributed by atoms with van der Waals surface area (Å²) < 4.78 is 17.8. The lowest BCUT2D eigenvalue weighted by atomic mass is 10.2. The Morgan fingerprint density at radius 3 is 2.50 bits per heavy atom. The van der Waals surface area contributed by atoms with Gasteiger partial charge in [0.25, 0.3) is 5.91 Å². The van der Waals surface area contributed by atoms with Crippen molar-refractivity contribution in [1.82, 2.24) is 5.43 Å². The molecule has 0 aliphatic carbocycles. The molecule has 2 N–H and O–H groups in total. The normalized spacial score (nSPS) is 10.5. The van der Waals surface area contributed by atoms with E-state index in [2.05, 4.69) is 15.8 Å². The van der Waals surface area contributed by atoms with Crippen LogP contribution in [0.25, 0.3) is 0 Å². The van der Waals surface area contributed by atoms with Crippen LogP contribution in [0.3, 0.4) is 0 Å². The lowest BCUT2D eigenvalue weighted by molar-refractivity contribution is -0.119. The van der Waals surface area contributed by atoms with Gasteiger partial charge in [0.2, 0.25) is 0 Å². The quantitative estimate of drug-likeness (QED) is 0.636. The minimum absolute atomic E-state index is 0.0904. The van der Waals surface area contributed by atoms with Gasteiger partial charge in [0.05, 0.1) is 19.9 Å². The van der Waals surface area contributed by atoms with E-state index >= 15 is 0 Å². The minimum atomic E-state index is -0.315. The van der Waals surface area contributed by atoms with Crippen molar-refractivity contribution in [3.05, 3.63) is 59.9 Å². The Kier molecular flexibility index (Phi) is 5.48. The summed E-state index contributed by atoms with van der Waals surface area (Å²) in [6.07, 6.45) is 1.45. The van der Waals surface area contributed by atoms with Crippen LogP contribution >= 0.6 is 0 Å². The summed E-state index contributed by atoms with van der Waals surface area (Å²) in [5, 5.41) is 6.76. The first kappa shape index (κ1) is 15.5. The predicted molar refractivity (Wildman–Crippen MR) is 83.6 cm³/mol. The third-order valence-electron chi connectivity index (χ3n) is 2.82. The van der Waals surface area contributed by atoms with Gasteiger partial charge in [-0.15, -0.1) is 0 Å². The van der Waals surface area contributed by atoms with E-state index in [1.54, 1.807) is 31.4 Å². The Morgan fingerprint density at radius 1 is 1.18 bits per heavy atom. The van der Waals surface area contributed by atoms with E-state index in [-0.39, 0.29) is 18.3 Å². The van der Waals surface area contributed by atoms with Crippen LogP contribution in [0.15, 0.2) is 53.6 Å². The van der Waals surface area contributed by atoms with Crippen molar-refractivity contribution in [2.75, 3.05) is 19.0 Å². The monoisotopic (exact) mass is 301 g/mol. The third kappa shape index (κ3) is 4.90. The number of anilines is 1. The summed E-state index contributed by atoms with van der Waals surface area (Å²) in [7, 11) is 1.59. The maximum Gasteiger partial charge on any atom is 0.259 e. The number of nitrogens with one attached hydrogen (secondary N) is 2. The van der Waals surface area contributed by atoms with Crippen LogP contribution in [0, 0.1) is 5.82 Å². The number of hydrazone groups is 1. The molecule has 0 atom stereocenters. The van der Waals surface area contributed by atoms with Crippen LogP contribution in [0.2, 0.25) is 0 Å². The Hall–Kier alpha value is -2.89. The first-order chi connectivity index (χ1) is 10.7. The molecule has 6 heteroatoms. The molecule has 0 heterocycles. The minimum Gasteiger partial charge on any atom is -0.497 e. The maximum atomic E-state index is 12.7. The second-order valence-corrected chi connectivity index (χ2v) is 4.43. The molecule has 0 spiro atoms. The molecule has 2 aromatic rings. The van der Waals surface area contributed by atoms with Crippen molar-refractivity contribution < 1.29 is 13.9 Å². The number of carbonyl (C=O) groups excluding carboxylic acids is 1. The van der Waals surface area contributed by atoms with Crippen molar-refractivity contribution in [1.29, 1.82) is 0 Å². The van der Waals surface area contributed by atoms with Gasteiger partial charge < -0.3 is 10.1 Å². The Labute approximate surface area is 127 Å². The van der Waals surface area contributed by atoms with Gasteiger partial charge in [-0.2, -0.15) is 5.10 Å². The lowest BCUT2D eigenvalue weighted by Gasteiger charge is -2.06. The van der Waals surface area contributed by atoms with E-state index in [4.69, 9.17) is 4.74 Å². The molecular formula is C16H16FN3O2. The number of halogens is 1. The first-order valence-electron chi connectivity index (χ1n) is 6.63. The summed E-state index contributed by atoms with van der Waals surface area (Å²) in [4.78, 5) is 11.6. The van der Waals surface area contributed by atoms with E-state index in [0.29, 0.717) is 5.56 Å². The molecule has 0 unspecified atom stereocenters. The smallest absolute Gasteiger partial charge is 0.259 e. The third-order valence-corrected chi connectivity index (χ3v) is 2.82. The summed E-state index contributed by atoms with van der Waals surface area (Å²) in [6.45, 7) is 0.0904. The number of rotatable bonds is 6. The predicted octanol–water partition coefficient (Wildman–Crippen LogP) is 2.40. The van der Waals surface area contributed by atoms with Gasteiger partial charge >= 0.3 is 0 Å². The zero-order valence-corrected chi connectivity index (χ0v) is 12.0. The van der Waals surface area contributed by atoms with Gasteiger partial charge in [-0.1, -0.05) is 12.1 Å². The number of nitrogens with zero attached hydrogens (tertiary/aromatic N) is 1. The van der Waals surface area contributed by atoms with Crippen LogP contribution in [0.1, 0.15) is 5.56 Å². The van der Waals surface area contributed by atoms with E-state index in [0.717, 1.165) is 11.4 Å². The fourth-order valence-corrected chi connectivity index (χ4v) is 1.66. The molecule has 2 aromatic carbocycles. The average Bonchev–Trinajstić information content (AvgIpc) is 2.55. The van der Waals surface area contributed by atoms with E-state index in [9.17, 15) is 9.18 Å². The van der Waals surface area contributed by atoms with Gasteiger partial charge in [-0.05, 0) is 42.0 Å². The molecule has 0 bridgehead atoms. The molecule has 0 aliphatic rings. The number of carbonyl (C=O) groups is 1. The number of amides is 1. The van der Waals surface area contributed by atoms with Crippen molar-refractivity contribution >= 4 is 17.8 Å². The van der Waals surface area contributed by atoms with Crippen LogP contribution in [0.4, 0.5) is 10.1 Å². The van der Waals surface area contributed by atoms with Gasteiger partial charge in [-0.3, -0.25) is 4.79 Å². The number of benzene rings is 2. The summed E-state index contributed by atoms with van der Waals surface area (Å²) >= 11 is 0. The van der Waals surface area contributed by atoms with Crippen LogP contribution < -0.4 is 15.5 Å². The fraction of sp³-hybridized carbons (Fsp3) is 0.125. The van der Waals surface area contributed by atoms with Crippen LogP contribution in [0.5, 0.6) is 5.75 Å². The topological polar surface area (TPSA) is 62.7 Å². The van der Waals surface area contributed by atoms with Gasteiger partial charge in [-0.25, -0.2) is 9.82 Å². The molecular weight excluding hydrogens is 285 g/mol. The highest BCUT2D eigenvalue weighted by atomic mass is 19.1. The number of hydrogen-bond acceptors (Lipinski definition) is 4.